The van der Waals surface area contributed by atoms with Gasteiger partial charge in [-0.25, -0.2) is 0 Å². The number of aliphatic hydroxyl groups is 14. The van der Waals surface area contributed by atoms with Crippen LogP contribution in [-0.2, 0) is 37.9 Å². The van der Waals surface area contributed by atoms with Crippen LogP contribution in [0.25, 0.3) is 0 Å². The number of hydrogen-bond donors (Lipinski definition) is 14. The molecule has 21 unspecified atom stereocenters. The van der Waals surface area contributed by atoms with E-state index in [0.717, 1.165) is 24.8 Å². The highest BCUT2D eigenvalue weighted by molar-refractivity contribution is 14.1. The number of benzene rings is 1. The van der Waals surface area contributed by atoms with Crippen molar-refractivity contribution in [2.45, 2.75) is 263 Å². The Balaban J connectivity index is 0.000000955. The zero-order valence-electron chi connectivity index (χ0n) is 51.2. The van der Waals surface area contributed by atoms with Crippen LogP contribution >= 0.6 is 22.6 Å². The molecule has 488 valence electrons. The molecule has 0 aromatic heterocycles. The van der Waals surface area contributed by atoms with Crippen LogP contribution in [0, 0.1) is 68.2 Å². The predicted octanol–water partition coefficient (Wildman–Crippen LogP) is 1.59. The summed E-state index contributed by atoms with van der Waals surface area (Å²) in [6.07, 6.45) is -22.4. The second kappa shape index (κ2) is 27.2. The number of ether oxygens (including phenoxy) is 8. The molecule has 29 atom stereocenters. The highest BCUT2D eigenvalue weighted by Crippen LogP contribution is 2.75. The monoisotopic (exact) mass is 1320 g/mol. The molecule has 1 aromatic carbocycles. The van der Waals surface area contributed by atoms with Crippen molar-refractivity contribution < 1.29 is 109 Å². The van der Waals surface area contributed by atoms with Gasteiger partial charge in [0.25, 0.3) is 0 Å². The maximum Gasteiger partial charge on any atom is 0.187 e. The van der Waals surface area contributed by atoms with E-state index in [4.69, 9.17) is 37.9 Å². The van der Waals surface area contributed by atoms with Gasteiger partial charge in [-0.15, -0.1) is 0 Å². The smallest absolute Gasteiger partial charge is 0.187 e. The lowest BCUT2D eigenvalue weighted by molar-refractivity contribution is -0.374. The highest BCUT2D eigenvalue weighted by atomic mass is 127. The fourth-order valence-electron chi connectivity index (χ4n) is 16.3. The zero-order valence-corrected chi connectivity index (χ0v) is 53.4. The molecule has 85 heavy (non-hydrogen) atoms. The third kappa shape index (κ3) is 13.3. The topological polar surface area (TPSA) is 357 Å². The Morgan fingerprint density at radius 1 is 0.647 bits per heavy atom. The van der Waals surface area contributed by atoms with E-state index in [2.05, 4.69) is 102 Å². The maximum atomic E-state index is 12.7. The Bertz CT molecular complexity index is 2370. The molecule has 4 saturated heterocycles. The summed E-state index contributed by atoms with van der Waals surface area (Å²) in [5.41, 5.74) is 1.91. The van der Waals surface area contributed by atoms with Crippen molar-refractivity contribution in [2.24, 2.45) is 50.7 Å². The van der Waals surface area contributed by atoms with E-state index in [-0.39, 0.29) is 41.1 Å². The first-order valence-electron chi connectivity index (χ1n) is 30.7. The summed E-state index contributed by atoms with van der Waals surface area (Å²) >= 11 is 2.37. The van der Waals surface area contributed by atoms with Crippen LogP contribution in [-0.4, -0.2) is 233 Å². The van der Waals surface area contributed by atoms with Crippen molar-refractivity contribution in [2.75, 3.05) is 26.4 Å². The van der Waals surface area contributed by atoms with E-state index in [1.807, 2.05) is 20.8 Å². The van der Waals surface area contributed by atoms with E-state index in [9.17, 15) is 71.5 Å². The van der Waals surface area contributed by atoms with Crippen molar-refractivity contribution in [1.82, 2.24) is 0 Å². The van der Waals surface area contributed by atoms with Crippen LogP contribution in [0.2, 0.25) is 0 Å². The lowest BCUT2D eigenvalue weighted by Gasteiger charge is -2.67. The highest BCUT2D eigenvalue weighted by Gasteiger charge is 2.70. The number of fused-ring (bicyclic) bond motifs is 5. The molecular weight excluding hydrogens is 1220 g/mol. The van der Waals surface area contributed by atoms with Gasteiger partial charge in [0.2, 0.25) is 0 Å². The summed E-state index contributed by atoms with van der Waals surface area (Å²) in [5, 5.41) is 150. The molecule has 0 radical (unpaired) electrons. The van der Waals surface area contributed by atoms with E-state index in [0.29, 0.717) is 32.1 Å². The second-order valence-electron chi connectivity index (χ2n) is 28.3. The minimum atomic E-state index is -1.80. The quantitative estimate of drug-likeness (QED) is 0.0876. The standard InChI is InChI=1S/C54H92O22.C8H9I/c1-23(10-14-33(50(2,3)4)74-49-45(41(65)37(61)29(20-56)72-49)76-48-44(68)39(63)36(60)28(19-55)71-48)24-16-17-52(7)31-13-11-25-26(54(31,9)32(58)18-53(24,52)8)12-15-34(51(25,5)6)75-47-43(67)40(64)38(62)30(73-47)22-70-46-42(66)35(59)27(57)21-69-46;1-6-4-3-5-7(2)8(6)9/h11,23-24,26-49,55-68H,10,12-22H2,1-9H3;3-5H,1-2H3/t23-,24-,26-,27?,28?,29?,30?,31?,32-,33?,34+,35?,36?,37?,38?,39?,40?,41?,42?,43?,44?,45?,46?,47?,48?,49?,52+,53-,54+;/m1./s1. The molecule has 0 amide bonds. The third-order valence-electron chi connectivity index (χ3n) is 21.9. The summed E-state index contributed by atoms with van der Waals surface area (Å²) in [7, 11) is 0. The molecule has 7 fully saturated rings. The van der Waals surface area contributed by atoms with E-state index in [1.165, 1.54) is 14.7 Å². The zero-order chi connectivity index (χ0) is 62.8. The molecule has 4 aliphatic heterocycles. The molecule has 14 N–H and O–H groups in total. The van der Waals surface area contributed by atoms with E-state index in [1.54, 1.807) is 0 Å². The van der Waals surface area contributed by atoms with Gasteiger partial charge >= 0.3 is 0 Å². The molecule has 8 aliphatic rings. The first-order chi connectivity index (χ1) is 39.7. The fraction of sp³-hybridized carbons (Fsp3) is 0.871. The normalized spacial score (nSPS) is 47.1. The van der Waals surface area contributed by atoms with Crippen molar-refractivity contribution in [1.29, 1.82) is 0 Å². The van der Waals surface area contributed by atoms with Gasteiger partial charge in [-0.2, -0.15) is 0 Å². The minimum Gasteiger partial charge on any atom is -0.394 e. The lowest BCUT2D eigenvalue weighted by Crippen LogP contribution is -2.65. The Hall–Kier alpha value is -1.19. The van der Waals surface area contributed by atoms with E-state index < -0.39 is 171 Å². The first kappa shape index (κ1) is 69.7. The molecular formula is C62H101IO22. The van der Waals surface area contributed by atoms with Crippen LogP contribution in [0.1, 0.15) is 125 Å². The van der Waals surface area contributed by atoms with Gasteiger partial charge < -0.3 is 109 Å². The van der Waals surface area contributed by atoms with Crippen LogP contribution in [0.3, 0.4) is 0 Å². The molecule has 0 bridgehead atoms. The lowest BCUT2D eigenvalue weighted by atomic mass is 9.38. The molecule has 1 aromatic rings. The Morgan fingerprint density at radius 3 is 1.79 bits per heavy atom. The maximum absolute atomic E-state index is 12.7. The summed E-state index contributed by atoms with van der Waals surface area (Å²) in [4.78, 5) is 0. The molecule has 4 aliphatic carbocycles. The Morgan fingerprint density at radius 2 is 1.20 bits per heavy atom. The number of aliphatic hydroxyl groups excluding tert-OH is 14. The van der Waals surface area contributed by atoms with Crippen molar-refractivity contribution >= 4 is 22.6 Å². The number of allylic oxidation sites excluding steroid dienone is 1. The molecule has 22 nitrogen and oxygen atoms in total. The summed E-state index contributed by atoms with van der Waals surface area (Å²) in [5.74, 6) is 0.556. The fourth-order valence-corrected chi connectivity index (χ4v) is 16.6. The largest absolute Gasteiger partial charge is 0.394 e. The van der Waals surface area contributed by atoms with Gasteiger partial charge in [-0.05, 0) is 139 Å². The molecule has 9 rings (SSSR count). The van der Waals surface area contributed by atoms with Gasteiger partial charge in [0, 0.05) is 14.4 Å². The molecule has 23 heteroatoms. The van der Waals surface area contributed by atoms with Crippen LogP contribution in [0.4, 0.5) is 0 Å². The van der Waals surface area contributed by atoms with Gasteiger partial charge in [0.05, 0.1) is 44.7 Å². The molecule has 4 heterocycles. The predicted molar refractivity (Wildman–Crippen MR) is 313 cm³/mol. The summed E-state index contributed by atoms with van der Waals surface area (Å²) in [6, 6.07) is 6.36. The number of halogens is 1. The van der Waals surface area contributed by atoms with Gasteiger partial charge in [0.1, 0.15) is 91.6 Å². The Kier molecular flexibility index (Phi) is 22.3. The number of hydrogen-bond acceptors (Lipinski definition) is 22. The minimum absolute atomic E-state index is 0.0146. The average Bonchev–Trinajstić information content (AvgIpc) is 1.96. The second-order valence-corrected chi connectivity index (χ2v) is 29.4. The SMILES string of the molecule is C[C@H](CCC(OC1OC(CO)C(O)C(O)C1OC1OC(CO)C(O)C(O)C1O)C(C)(C)C)[C@H]1CC[C@@]2(C)C3CC=C4[C@@H](CC[C@H](OC5OC(COC6OCC(O)C(O)C6O)C(O)C(O)C5O)C4(C)C)[C@]3(C)[C@H](O)C[C@]12C.Cc1cccc(C)c1I. The van der Waals surface area contributed by atoms with Crippen molar-refractivity contribution in [3.05, 3.63) is 44.5 Å². The van der Waals surface area contributed by atoms with Crippen molar-refractivity contribution in [3.63, 3.8) is 0 Å². The molecule has 0 spiro atoms. The first-order valence-corrected chi connectivity index (χ1v) is 31.7. The van der Waals surface area contributed by atoms with E-state index >= 15 is 0 Å². The van der Waals surface area contributed by atoms with Gasteiger partial charge in [-0.3, -0.25) is 0 Å². The summed E-state index contributed by atoms with van der Waals surface area (Å²) < 4.78 is 49.3. The third-order valence-corrected chi connectivity index (χ3v) is 23.7. The molecule has 3 saturated carbocycles. The number of aryl methyl sites for hydroxylation is 2. The van der Waals surface area contributed by atoms with Crippen LogP contribution in [0.5, 0.6) is 0 Å². The summed E-state index contributed by atoms with van der Waals surface area (Å²) in [6.45, 7) is 21.7. The average molecular weight is 1330 g/mol. The van der Waals surface area contributed by atoms with Gasteiger partial charge in [0.15, 0.2) is 25.2 Å². The number of rotatable bonds is 15. The van der Waals surface area contributed by atoms with Crippen molar-refractivity contribution in [3.8, 4) is 0 Å². The Labute approximate surface area is 513 Å². The van der Waals surface area contributed by atoms with Crippen LogP contribution in [0.15, 0.2) is 29.8 Å². The van der Waals surface area contributed by atoms with Crippen LogP contribution < -0.4 is 0 Å². The van der Waals surface area contributed by atoms with Gasteiger partial charge in [-0.1, -0.05) is 92.2 Å².